The van der Waals surface area contributed by atoms with Gasteiger partial charge in [-0.15, -0.1) is 0 Å². The lowest BCUT2D eigenvalue weighted by Gasteiger charge is -2.31. The summed E-state index contributed by atoms with van der Waals surface area (Å²) in [6.45, 7) is 0.865. The van der Waals surface area contributed by atoms with E-state index in [1.54, 1.807) is 31.4 Å². The topological polar surface area (TPSA) is 75.7 Å². The number of hydrogen-bond acceptors (Lipinski definition) is 4. The minimum atomic E-state index is -3.50. The molecule has 0 radical (unpaired) electrons. The highest BCUT2D eigenvalue weighted by molar-refractivity contribution is 7.89. The van der Waals surface area contributed by atoms with Gasteiger partial charge in [0, 0.05) is 25.6 Å². The highest BCUT2D eigenvalue weighted by atomic mass is 32.2. The molecule has 150 valence electrons. The first-order chi connectivity index (χ1) is 13.0. The van der Waals surface area contributed by atoms with Gasteiger partial charge in [-0.25, -0.2) is 8.42 Å². The van der Waals surface area contributed by atoms with E-state index in [-0.39, 0.29) is 16.8 Å². The second-order valence-electron chi connectivity index (χ2n) is 7.61. The Bertz CT molecular complexity index is 719. The third-order valence-corrected chi connectivity index (χ3v) is 7.68. The van der Waals surface area contributed by atoms with E-state index in [1.807, 2.05) is 0 Å². The zero-order valence-electron chi connectivity index (χ0n) is 16.0. The molecule has 2 aliphatic rings. The van der Waals surface area contributed by atoms with Gasteiger partial charge in [-0.3, -0.25) is 4.79 Å². The molecule has 1 saturated heterocycles. The maximum Gasteiger partial charge on any atom is 0.243 e. The monoisotopic (exact) mass is 394 g/mol. The molecule has 0 unspecified atom stereocenters. The van der Waals surface area contributed by atoms with Crippen LogP contribution in [0.4, 0.5) is 0 Å². The molecule has 0 atom stereocenters. The number of nitrogens with zero attached hydrogens (tertiary/aromatic N) is 1. The van der Waals surface area contributed by atoms with Gasteiger partial charge in [0.25, 0.3) is 0 Å². The first kappa shape index (κ1) is 20.1. The molecule has 1 aliphatic heterocycles. The molecule has 3 rings (SSSR count). The van der Waals surface area contributed by atoms with Crippen molar-refractivity contribution in [3.05, 3.63) is 24.3 Å². The van der Waals surface area contributed by atoms with E-state index in [1.165, 1.54) is 30.0 Å². The van der Waals surface area contributed by atoms with Crippen molar-refractivity contribution in [1.29, 1.82) is 0 Å². The lowest BCUT2D eigenvalue weighted by atomic mass is 10.0. The van der Waals surface area contributed by atoms with Crippen LogP contribution in [-0.4, -0.2) is 44.9 Å². The lowest BCUT2D eigenvalue weighted by Crippen LogP contribution is -2.46. The molecule has 7 heteroatoms. The summed E-state index contributed by atoms with van der Waals surface area (Å²) in [6, 6.07) is 6.54. The number of carbonyl (C=O) groups excluding carboxylic acids is 1. The quantitative estimate of drug-likeness (QED) is 0.771. The molecule has 1 amide bonds. The molecule has 6 nitrogen and oxygen atoms in total. The molecule has 1 heterocycles. The number of methoxy groups -OCH3 is 1. The van der Waals surface area contributed by atoms with Crippen LogP contribution in [0.2, 0.25) is 0 Å². The van der Waals surface area contributed by atoms with Crippen LogP contribution in [0.5, 0.6) is 5.75 Å². The van der Waals surface area contributed by atoms with Crippen molar-refractivity contribution < 1.29 is 17.9 Å². The Balaban J connectivity index is 1.46. The smallest absolute Gasteiger partial charge is 0.243 e. The minimum Gasteiger partial charge on any atom is -0.497 e. The van der Waals surface area contributed by atoms with Gasteiger partial charge in [-0.1, -0.05) is 25.7 Å². The van der Waals surface area contributed by atoms with Gasteiger partial charge in [-0.2, -0.15) is 4.31 Å². The summed E-state index contributed by atoms with van der Waals surface area (Å²) < 4.78 is 32.1. The van der Waals surface area contributed by atoms with E-state index in [4.69, 9.17) is 4.74 Å². The predicted molar refractivity (Wildman–Crippen MR) is 104 cm³/mol. The number of ether oxygens (including phenoxy) is 1. The SMILES string of the molecule is COc1ccc(S(=O)(=O)N2CCC(NC(=O)CCC3CCCC3)CC2)cc1. The van der Waals surface area contributed by atoms with E-state index in [0.29, 0.717) is 44.0 Å². The molecule has 1 aromatic carbocycles. The average Bonchev–Trinajstić information content (AvgIpc) is 3.20. The largest absolute Gasteiger partial charge is 0.497 e. The summed E-state index contributed by atoms with van der Waals surface area (Å²) in [5.41, 5.74) is 0. The Labute approximate surface area is 162 Å². The summed E-state index contributed by atoms with van der Waals surface area (Å²) in [5, 5.41) is 3.09. The summed E-state index contributed by atoms with van der Waals surface area (Å²) >= 11 is 0. The fraction of sp³-hybridized carbons (Fsp3) is 0.650. The number of amides is 1. The summed E-state index contributed by atoms with van der Waals surface area (Å²) in [7, 11) is -1.94. The Morgan fingerprint density at radius 3 is 2.33 bits per heavy atom. The van der Waals surface area contributed by atoms with E-state index < -0.39 is 10.0 Å². The van der Waals surface area contributed by atoms with Crippen molar-refractivity contribution in [3.8, 4) is 5.75 Å². The number of hydrogen-bond donors (Lipinski definition) is 1. The third kappa shape index (κ3) is 5.23. The summed E-state index contributed by atoms with van der Waals surface area (Å²) in [5.74, 6) is 1.46. The van der Waals surface area contributed by atoms with Crippen molar-refractivity contribution in [3.63, 3.8) is 0 Å². The number of rotatable bonds is 7. The Morgan fingerprint density at radius 2 is 1.74 bits per heavy atom. The van der Waals surface area contributed by atoms with Crippen LogP contribution < -0.4 is 10.1 Å². The Hall–Kier alpha value is -1.60. The van der Waals surface area contributed by atoms with Crippen LogP contribution in [-0.2, 0) is 14.8 Å². The number of nitrogens with one attached hydrogen (secondary N) is 1. The van der Waals surface area contributed by atoms with Gasteiger partial charge >= 0.3 is 0 Å². The van der Waals surface area contributed by atoms with E-state index in [9.17, 15) is 13.2 Å². The molecule has 0 bridgehead atoms. The van der Waals surface area contributed by atoms with Crippen LogP contribution in [0, 0.1) is 5.92 Å². The van der Waals surface area contributed by atoms with Gasteiger partial charge in [0.05, 0.1) is 12.0 Å². The number of piperidine rings is 1. The van der Waals surface area contributed by atoms with Crippen molar-refractivity contribution >= 4 is 15.9 Å². The highest BCUT2D eigenvalue weighted by Gasteiger charge is 2.30. The van der Waals surface area contributed by atoms with Crippen LogP contribution in [0.25, 0.3) is 0 Å². The third-order valence-electron chi connectivity index (χ3n) is 5.77. The van der Waals surface area contributed by atoms with Crippen molar-refractivity contribution in [2.45, 2.75) is 62.3 Å². The molecule has 1 aromatic rings. The maximum absolute atomic E-state index is 12.8. The number of sulfonamides is 1. The second-order valence-corrected chi connectivity index (χ2v) is 9.55. The van der Waals surface area contributed by atoms with Crippen LogP contribution >= 0.6 is 0 Å². The van der Waals surface area contributed by atoms with Gasteiger partial charge in [0.2, 0.25) is 15.9 Å². The van der Waals surface area contributed by atoms with Gasteiger partial charge in [0.15, 0.2) is 0 Å². The van der Waals surface area contributed by atoms with Crippen LogP contribution in [0.3, 0.4) is 0 Å². The highest BCUT2D eigenvalue weighted by Crippen LogP contribution is 2.28. The minimum absolute atomic E-state index is 0.0726. The van der Waals surface area contributed by atoms with Gasteiger partial charge < -0.3 is 10.1 Å². The van der Waals surface area contributed by atoms with Crippen molar-refractivity contribution in [2.24, 2.45) is 5.92 Å². The van der Waals surface area contributed by atoms with Gasteiger partial charge in [-0.05, 0) is 49.4 Å². The van der Waals surface area contributed by atoms with Crippen LogP contribution in [0.1, 0.15) is 51.4 Å². The normalized spacial score (nSPS) is 19.9. The van der Waals surface area contributed by atoms with Crippen LogP contribution in [0.15, 0.2) is 29.2 Å². The predicted octanol–water partition coefficient (Wildman–Crippen LogP) is 2.93. The molecular weight excluding hydrogens is 364 g/mol. The van der Waals surface area contributed by atoms with E-state index in [0.717, 1.165) is 6.42 Å². The van der Waals surface area contributed by atoms with Crippen molar-refractivity contribution in [2.75, 3.05) is 20.2 Å². The van der Waals surface area contributed by atoms with E-state index >= 15 is 0 Å². The summed E-state index contributed by atoms with van der Waals surface area (Å²) in [4.78, 5) is 12.5. The standard InChI is InChI=1S/C20H30N2O4S/c1-26-18-7-9-19(10-8-18)27(24,25)22-14-12-17(13-15-22)21-20(23)11-6-16-4-2-3-5-16/h7-10,16-17H,2-6,11-15H2,1H3,(H,21,23). The number of benzene rings is 1. The molecule has 1 aliphatic carbocycles. The zero-order valence-corrected chi connectivity index (χ0v) is 16.8. The molecule has 0 spiro atoms. The van der Waals surface area contributed by atoms with E-state index in [2.05, 4.69) is 5.32 Å². The zero-order chi connectivity index (χ0) is 19.3. The first-order valence-electron chi connectivity index (χ1n) is 9.92. The van der Waals surface area contributed by atoms with Gasteiger partial charge in [0.1, 0.15) is 5.75 Å². The first-order valence-corrected chi connectivity index (χ1v) is 11.4. The maximum atomic E-state index is 12.8. The molecule has 1 saturated carbocycles. The number of carbonyl (C=O) groups is 1. The Morgan fingerprint density at radius 1 is 1.11 bits per heavy atom. The lowest BCUT2D eigenvalue weighted by molar-refractivity contribution is -0.122. The second kappa shape index (κ2) is 9.06. The molecule has 2 fully saturated rings. The summed E-state index contributed by atoms with van der Waals surface area (Å²) in [6.07, 6.45) is 8.01. The fourth-order valence-electron chi connectivity index (χ4n) is 4.07. The molecule has 1 N–H and O–H groups in total. The molecule has 27 heavy (non-hydrogen) atoms. The molecule has 0 aromatic heterocycles. The fourth-order valence-corrected chi connectivity index (χ4v) is 5.54. The van der Waals surface area contributed by atoms with Crippen molar-refractivity contribution in [1.82, 2.24) is 9.62 Å². The Kier molecular flexibility index (Phi) is 6.76. The average molecular weight is 395 g/mol. The molecular formula is C20H30N2O4S.